The first-order valence-electron chi connectivity index (χ1n) is 8.66. The minimum Gasteiger partial charge on any atom is -0.467 e. The van der Waals surface area contributed by atoms with Crippen molar-refractivity contribution >= 4 is 5.97 Å². The summed E-state index contributed by atoms with van der Waals surface area (Å²) in [6.07, 6.45) is 2.41. The van der Waals surface area contributed by atoms with E-state index in [1.807, 2.05) is 18.2 Å². The number of rotatable bonds is 5. The van der Waals surface area contributed by atoms with Crippen LogP contribution in [0.3, 0.4) is 0 Å². The summed E-state index contributed by atoms with van der Waals surface area (Å²) in [5.41, 5.74) is 3.34. The van der Waals surface area contributed by atoms with E-state index in [4.69, 9.17) is 0 Å². The number of hydrogen-bond acceptors (Lipinski definition) is 5. The number of hydrogen-bond donors (Lipinski definition) is 1. The highest BCUT2D eigenvalue weighted by atomic mass is 16.5. The van der Waals surface area contributed by atoms with Crippen LogP contribution in [0.1, 0.15) is 18.4 Å². The Balaban J connectivity index is 1.58. The van der Waals surface area contributed by atoms with Gasteiger partial charge in [-0.3, -0.25) is 9.88 Å². The lowest BCUT2D eigenvalue weighted by Gasteiger charge is -2.33. The lowest BCUT2D eigenvalue weighted by Crippen LogP contribution is -2.40. The largest absolute Gasteiger partial charge is 0.467 e. The molecule has 0 aliphatic carbocycles. The fourth-order valence-corrected chi connectivity index (χ4v) is 3.36. The highest BCUT2D eigenvalue weighted by Gasteiger charge is 2.30. The van der Waals surface area contributed by atoms with Gasteiger partial charge < -0.3 is 9.84 Å². The molecule has 0 amide bonds. The summed E-state index contributed by atoms with van der Waals surface area (Å²) in [5.74, 6) is -0.537. The Morgan fingerprint density at radius 1 is 1.28 bits per heavy atom. The topological polar surface area (TPSA) is 62.7 Å². The maximum absolute atomic E-state index is 11.5. The minimum absolute atomic E-state index is 0.0106. The molecule has 2 aromatic rings. The van der Waals surface area contributed by atoms with Gasteiger partial charge in [0, 0.05) is 18.3 Å². The maximum atomic E-state index is 11.5. The second kappa shape index (κ2) is 8.23. The molecule has 1 N–H and O–H groups in total. The van der Waals surface area contributed by atoms with Crippen LogP contribution >= 0.6 is 0 Å². The molecule has 132 valence electrons. The number of nitrogens with zero attached hydrogens (tertiary/aromatic N) is 2. The van der Waals surface area contributed by atoms with E-state index >= 15 is 0 Å². The van der Waals surface area contributed by atoms with Crippen LogP contribution in [0.25, 0.3) is 11.3 Å². The number of esters is 1. The molecule has 0 saturated carbocycles. The fourth-order valence-electron chi connectivity index (χ4n) is 3.36. The van der Waals surface area contributed by atoms with E-state index in [1.54, 1.807) is 6.20 Å². The Morgan fingerprint density at radius 3 is 2.76 bits per heavy atom. The van der Waals surface area contributed by atoms with E-state index in [0.29, 0.717) is 0 Å². The Morgan fingerprint density at radius 2 is 2.08 bits per heavy atom. The fraction of sp³-hybridized carbons (Fsp3) is 0.400. The molecular formula is C20H24N2O3. The number of benzene rings is 1. The third-order valence-corrected chi connectivity index (χ3v) is 4.82. The molecule has 1 saturated heterocycles. The van der Waals surface area contributed by atoms with Crippen LogP contribution in [0, 0.1) is 5.92 Å². The molecular weight excluding hydrogens is 316 g/mol. The highest BCUT2D eigenvalue weighted by molar-refractivity contribution is 5.74. The smallest absolute Gasteiger partial charge is 0.334 e. The molecule has 25 heavy (non-hydrogen) atoms. The number of piperidine rings is 1. The molecule has 1 aliphatic rings. The molecule has 3 rings (SSSR count). The van der Waals surface area contributed by atoms with Gasteiger partial charge in [0.1, 0.15) is 0 Å². The summed E-state index contributed by atoms with van der Waals surface area (Å²) in [7, 11) is 1.31. The Hall–Kier alpha value is -2.24. The lowest BCUT2D eigenvalue weighted by atomic mass is 9.91. The second-order valence-electron chi connectivity index (χ2n) is 6.50. The van der Waals surface area contributed by atoms with Crippen molar-refractivity contribution in [2.75, 3.05) is 20.2 Å². The van der Waals surface area contributed by atoms with Crippen LogP contribution in [0.5, 0.6) is 0 Å². The van der Waals surface area contributed by atoms with Crippen LogP contribution in [-0.4, -0.2) is 47.3 Å². The van der Waals surface area contributed by atoms with Crippen molar-refractivity contribution < 1.29 is 14.6 Å². The van der Waals surface area contributed by atoms with Gasteiger partial charge >= 0.3 is 5.97 Å². The van der Waals surface area contributed by atoms with Gasteiger partial charge in [0.25, 0.3) is 0 Å². The standard InChI is InChI=1S/C20H24N2O3/c1-25-20(24)19(23)16-8-11-22(12-9-16)14-15-5-4-6-17(13-15)18-7-2-3-10-21-18/h2-7,10,13,16,19,23H,8-9,11-12,14H2,1H3. The summed E-state index contributed by atoms with van der Waals surface area (Å²) < 4.78 is 4.63. The van der Waals surface area contributed by atoms with Crippen molar-refractivity contribution in [3.05, 3.63) is 54.2 Å². The molecule has 1 unspecified atom stereocenters. The molecule has 1 aromatic carbocycles. The summed E-state index contributed by atoms with van der Waals surface area (Å²) in [6, 6.07) is 14.4. The highest BCUT2D eigenvalue weighted by Crippen LogP contribution is 2.24. The molecule has 0 radical (unpaired) electrons. The second-order valence-corrected chi connectivity index (χ2v) is 6.50. The molecule has 5 nitrogen and oxygen atoms in total. The van der Waals surface area contributed by atoms with Crippen LogP contribution < -0.4 is 0 Å². The SMILES string of the molecule is COC(=O)C(O)C1CCN(Cc2cccc(-c3ccccn3)c2)CC1. The van der Waals surface area contributed by atoms with Crippen molar-refractivity contribution in [2.24, 2.45) is 5.92 Å². The number of pyridine rings is 1. The first-order valence-corrected chi connectivity index (χ1v) is 8.66. The van der Waals surface area contributed by atoms with Gasteiger partial charge in [0.05, 0.1) is 12.8 Å². The Kier molecular flexibility index (Phi) is 5.79. The molecule has 0 bridgehead atoms. The van der Waals surface area contributed by atoms with E-state index < -0.39 is 12.1 Å². The van der Waals surface area contributed by atoms with E-state index in [9.17, 15) is 9.90 Å². The monoisotopic (exact) mass is 340 g/mol. The molecule has 1 fully saturated rings. The van der Waals surface area contributed by atoms with Crippen molar-refractivity contribution in [1.29, 1.82) is 0 Å². The van der Waals surface area contributed by atoms with Gasteiger partial charge in [-0.1, -0.05) is 24.3 Å². The first kappa shape index (κ1) is 17.6. The van der Waals surface area contributed by atoms with Crippen molar-refractivity contribution in [2.45, 2.75) is 25.5 Å². The molecule has 2 heterocycles. The number of aliphatic hydroxyl groups is 1. The third kappa shape index (κ3) is 4.44. The van der Waals surface area contributed by atoms with Gasteiger partial charge in [-0.15, -0.1) is 0 Å². The minimum atomic E-state index is -1.00. The van der Waals surface area contributed by atoms with E-state index in [-0.39, 0.29) is 5.92 Å². The van der Waals surface area contributed by atoms with Gasteiger partial charge in [-0.2, -0.15) is 0 Å². The summed E-state index contributed by atoms with van der Waals surface area (Å²) in [6.45, 7) is 2.60. The predicted molar refractivity (Wildman–Crippen MR) is 95.7 cm³/mol. The van der Waals surface area contributed by atoms with E-state index in [0.717, 1.165) is 43.7 Å². The zero-order valence-corrected chi connectivity index (χ0v) is 14.5. The summed E-state index contributed by atoms with van der Waals surface area (Å²) >= 11 is 0. The number of aromatic nitrogens is 1. The number of carbonyl (C=O) groups excluding carboxylic acids is 1. The third-order valence-electron chi connectivity index (χ3n) is 4.82. The molecule has 1 aliphatic heterocycles. The Bertz CT molecular complexity index is 697. The first-order chi connectivity index (χ1) is 12.2. The number of ether oxygens (including phenoxy) is 1. The number of likely N-dealkylation sites (tertiary alicyclic amines) is 1. The predicted octanol–water partition coefficient (Wildman–Crippen LogP) is 2.49. The summed E-state index contributed by atoms with van der Waals surface area (Å²) in [5, 5.41) is 9.98. The zero-order valence-electron chi connectivity index (χ0n) is 14.5. The molecule has 1 atom stereocenters. The van der Waals surface area contributed by atoms with Crippen molar-refractivity contribution in [1.82, 2.24) is 9.88 Å². The lowest BCUT2D eigenvalue weighted by molar-refractivity contribution is -0.154. The van der Waals surface area contributed by atoms with E-state index in [2.05, 4.69) is 38.9 Å². The van der Waals surface area contributed by atoms with Gasteiger partial charge in [-0.05, 0) is 55.6 Å². The Labute approximate surface area is 148 Å². The van der Waals surface area contributed by atoms with Crippen molar-refractivity contribution in [3.8, 4) is 11.3 Å². The van der Waals surface area contributed by atoms with Crippen LogP contribution in [-0.2, 0) is 16.1 Å². The summed E-state index contributed by atoms with van der Waals surface area (Å²) in [4.78, 5) is 18.2. The van der Waals surface area contributed by atoms with Crippen LogP contribution in [0.2, 0.25) is 0 Å². The normalized spacial score (nSPS) is 17.2. The zero-order chi connectivity index (χ0) is 17.6. The quantitative estimate of drug-likeness (QED) is 0.848. The van der Waals surface area contributed by atoms with Gasteiger partial charge in [0.2, 0.25) is 0 Å². The van der Waals surface area contributed by atoms with Crippen LogP contribution in [0.4, 0.5) is 0 Å². The van der Waals surface area contributed by atoms with Gasteiger partial charge in [-0.25, -0.2) is 4.79 Å². The number of aliphatic hydroxyl groups excluding tert-OH is 1. The maximum Gasteiger partial charge on any atom is 0.334 e. The number of methoxy groups -OCH3 is 1. The van der Waals surface area contributed by atoms with Gasteiger partial charge in [0.15, 0.2) is 6.10 Å². The van der Waals surface area contributed by atoms with Crippen molar-refractivity contribution in [3.63, 3.8) is 0 Å². The average molecular weight is 340 g/mol. The average Bonchev–Trinajstić information content (AvgIpc) is 2.68. The molecule has 1 aromatic heterocycles. The molecule has 5 heteroatoms. The number of carbonyl (C=O) groups is 1. The van der Waals surface area contributed by atoms with E-state index in [1.165, 1.54) is 12.7 Å². The van der Waals surface area contributed by atoms with Crippen LogP contribution in [0.15, 0.2) is 48.7 Å². The molecule has 0 spiro atoms.